The second-order valence-electron chi connectivity index (χ2n) is 6.00. The van der Waals surface area contributed by atoms with Gasteiger partial charge >= 0.3 is 12.4 Å². The van der Waals surface area contributed by atoms with Gasteiger partial charge in [0.2, 0.25) is 10.0 Å². The van der Waals surface area contributed by atoms with Crippen LogP contribution in [0.25, 0.3) is 0 Å². The molecule has 2 rings (SSSR count). The van der Waals surface area contributed by atoms with Gasteiger partial charge in [-0.3, -0.25) is 4.79 Å². The van der Waals surface area contributed by atoms with Crippen molar-refractivity contribution < 1.29 is 44.3 Å². The predicted octanol–water partition coefficient (Wildman–Crippen LogP) is 3.07. The molecule has 164 valence electrons. The molecule has 0 aliphatic carbocycles. The lowest BCUT2D eigenvalue weighted by molar-refractivity contribution is -0.143. The van der Waals surface area contributed by atoms with E-state index < -0.39 is 51.8 Å². The van der Waals surface area contributed by atoms with Crippen molar-refractivity contribution in [2.45, 2.75) is 23.8 Å². The first-order valence-corrected chi connectivity index (χ1v) is 9.51. The molecule has 0 saturated heterocycles. The lowest BCUT2D eigenvalue weighted by Crippen LogP contribution is -2.28. The summed E-state index contributed by atoms with van der Waals surface area (Å²) >= 11 is 0. The summed E-state index contributed by atoms with van der Waals surface area (Å²) in [6.45, 7) is -0.933. The van der Waals surface area contributed by atoms with E-state index in [1.165, 1.54) is 24.3 Å². The summed E-state index contributed by atoms with van der Waals surface area (Å²) in [5.74, 6) is -1.60. The molecule has 3 N–H and O–H groups in total. The average Bonchev–Trinajstić information content (AvgIpc) is 2.62. The standard InChI is InChI=1S/C17H14F6N2O4S/c18-16(19,20)11-5-12(17(21,22)23)7-13(6-11)29-9-15(26)25-8-10-1-3-14(4-2-10)30(24,27)28/h1-7H,8-9H2,(H,25,26)(H2,24,27,28). The van der Waals surface area contributed by atoms with Gasteiger partial charge in [-0.05, 0) is 35.9 Å². The zero-order valence-electron chi connectivity index (χ0n) is 14.8. The topological polar surface area (TPSA) is 98.5 Å². The average molecular weight is 456 g/mol. The first-order valence-electron chi connectivity index (χ1n) is 7.97. The second-order valence-corrected chi connectivity index (χ2v) is 7.56. The molecule has 0 spiro atoms. The lowest BCUT2D eigenvalue weighted by atomic mass is 10.1. The molecule has 0 heterocycles. The number of carbonyl (C=O) groups excluding carboxylic acids is 1. The number of ether oxygens (including phenoxy) is 1. The molecule has 2 aromatic rings. The van der Waals surface area contributed by atoms with Gasteiger partial charge in [-0.2, -0.15) is 26.3 Å². The number of sulfonamides is 1. The summed E-state index contributed by atoms with van der Waals surface area (Å²) < 4.78 is 104. The Bertz CT molecular complexity index is 986. The van der Waals surface area contributed by atoms with Crippen LogP contribution in [0.3, 0.4) is 0 Å². The van der Waals surface area contributed by atoms with Crippen LogP contribution in [-0.4, -0.2) is 20.9 Å². The smallest absolute Gasteiger partial charge is 0.416 e. The SMILES string of the molecule is NS(=O)(=O)c1ccc(CNC(=O)COc2cc(C(F)(F)F)cc(C(F)(F)F)c2)cc1. The van der Waals surface area contributed by atoms with Gasteiger partial charge in [0.25, 0.3) is 5.91 Å². The number of carbonyl (C=O) groups is 1. The van der Waals surface area contributed by atoms with E-state index in [1.54, 1.807) is 0 Å². The maximum absolute atomic E-state index is 12.8. The third-order valence-corrected chi connectivity index (χ3v) is 4.60. The number of nitrogens with one attached hydrogen (secondary N) is 1. The van der Waals surface area contributed by atoms with Crippen LogP contribution in [0.1, 0.15) is 16.7 Å². The highest BCUT2D eigenvalue weighted by Crippen LogP contribution is 2.38. The molecule has 0 aliphatic heterocycles. The summed E-state index contributed by atoms with van der Waals surface area (Å²) in [7, 11) is -3.89. The normalized spacial score (nSPS) is 12.5. The fourth-order valence-corrected chi connectivity index (χ4v) is 2.72. The Labute approximate surface area is 166 Å². The molecule has 30 heavy (non-hydrogen) atoms. The molecule has 0 atom stereocenters. The highest BCUT2D eigenvalue weighted by atomic mass is 32.2. The van der Waals surface area contributed by atoms with Gasteiger partial charge in [0.05, 0.1) is 16.0 Å². The summed E-state index contributed by atoms with van der Waals surface area (Å²) in [4.78, 5) is 11.6. The van der Waals surface area contributed by atoms with Crippen molar-refractivity contribution in [3.8, 4) is 5.75 Å². The van der Waals surface area contributed by atoms with E-state index in [0.29, 0.717) is 17.7 Å². The highest BCUT2D eigenvalue weighted by molar-refractivity contribution is 7.89. The first-order chi connectivity index (χ1) is 13.7. The minimum Gasteiger partial charge on any atom is -0.484 e. The molecule has 0 saturated carbocycles. The summed E-state index contributed by atoms with van der Waals surface area (Å²) in [6.07, 6.45) is -10.1. The number of halogens is 6. The van der Waals surface area contributed by atoms with Crippen molar-refractivity contribution in [1.29, 1.82) is 0 Å². The number of primary sulfonamides is 1. The van der Waals surface area contributed by atoms with Crippen LogP contribution < -0.4 is 15.2 Å². The van der Waals surface area contributed by atoms with E-state index in [0.717, 1.165) is 0 Å². The van der Waals surface area contributed by atoms with Gasteiger partial charge in [-0.1, -0.05) is 12.1 Å². The summed E-state index contributed by atoms with van der Waals surface area (Å²) in [5, 5.41) is 7.27. The lowest BCUT2D eigenvalue weighted by Gasteiger charge is -2.14. The van der Waals surface area contributed by atoms with Gasteiger partial charge in [-0.15, -0.1) is 0 Å². The van der Waals surface area contributed by atoms with E-state index in [4.69, 9.17) is 9.88 Å². The Kier molecular flexibility index (Phi) is 6.67. The number of amides is 1. The molecule has 2 aromatic carbocycles. The number of benzene rings is 2. The van der Waals surface area contributed by atoms with Crippen LogP contribution in [-0.2, 0) is 33.7 Å². The Morgan fingerprint density at radius 1 is 0.933 bits per heavy atom. The number of hydrogen-bond acceptors (Lipinski definition) is 4. The van der Waals surface area contributed by atoms with Crippen LogP contribution in [0, 0.1) is 0 Å². The molecule has 13 heteroatoms. The minimum absolute atomic E-state index is 0.0574. The van der Waals surface area contributed by atoms with E-state index in [1.807, 2.05) is 0 Å². The van der Waals surface area contributed by atoms with Crippen LogP contribution in [0.2, 0.25) is 0 Å². The van der Waals surface area contributed by atoms with Crippen molar-refractivity contribution in [2.75, 3.05) is 6.61 Å². The Morgan fingerprint density at radius 3 is 1.87 bits per heavy atom. The molecule has 0 unspecified atom stereocenters. The zero-order chi connectivity index (χ0) is 22.7. The largest absolute Gasteiger partial charge is 0.484 e. The van der Waals surface area contributed by atoms with Crippen molar-refractivity contribution in [3.63, 3.8) is 0 Å². The van der Waals surface area contributed by atoms with Crippen LogP contribution in [0.4, 0.5) is 26.3 Å². The van der Waals surface area contributed by atoms with Crippen molar-refractivity contribution in [2.24, 2.45) is 5.14 Å². The molecule has 1 amide bonds. The molecule has 0 bridgehead atoms. The molecule has 6 nitrogen and oxygen atoms in total. The van der Waals surface area contributed by atoms with Crippen molar-refractivity contribution in [3.05, 3.63) is 59.2 Å². The molecular weight excluding hydrogens is 442 g/mol. The van der Waals surface area contributed by atoms with Gasteiger partial charge in [0, 0.05) is 6.54 Å². The van der Waals surface area contributed by atoms with Gasteiger partial charge < -0.3 is 10.1 Å². The van der Waals surface area contributed by atoms with Gasteiger partial charge in [0.15, 0.2) is 6.61 Å². The molecule has 0 aromatic heterocycles. The number of hydrogen-bond donors (Lipinski definition) is 2. The van der Waals surface area contributed by atoms with E-state index in [9.17, 15) is 39.6 Å². The molecule has 0 aliphatic rings. The Morgan fingerprint density at radius 2 is 1.43 bits per heavy atom. The van der Waals surface area contributed by atoms with Crippen LogP contribution >= 0.6 is 0 Å². The molecule has 0 radical (unpaired) electrons. The Balaban J connectivity index is 2.02. The number of alkyl halides is 6. The molecule has 0 fully saturated rings. The monoisotopic (exact) mass is 456 g/mol. The maximum Gasteiger partial charge on any atom is 0.416 e. The van der Waals surface area contributed by atoms with Crippen LogP contribution in [0.15, 0.2) is 47.4 Å². The number of rotatable bonds is 6. The Hall–Kier alpha value is -2.80. The van der Waals surface area contributed by atoms with E-state index in [-0.39, 0.29) is 17.5 Å². The number of nitrogens with two attached hydrogens (primary N) is 1. The minimum atomic E-state index is -5.04. The third-order valence-electron chi connectivity index (χ3n) is 3.67. The fourth-order valence-electron chi connectivity index (χ4n) is 2.21. The van der Waals surface area contributed by atoms with Gasteiger partial charge in [-0.25, -0.2) is 13.6 Å². The highest BCUT2D eigenvalue weighted by Gasteiger charge is 2.37. The van der Waals surface area contributed by atoms with E-state index >= 15 is 0 Å². The van der Waals surface area contributed by atoms with E-state index in [2.05, 4.69) is 5.32 Å². The second kappa shape index (κ2) is 8.52. The summed E-state index contributed by atoms with van der Waals surface area (Å²) in [6, 6.07) is 5.79. The molecular formula is C17H14F6N2O4S. The predicted molar refractivity (Wildman–Crippen MR) is 91.6 cm³/mol. The van der Waals surface area contributed by atoms with Crippen molar-refractivity contribution in [1.82, 2.24) is 5.32 Å². The summed E-state index contributed by atoms with van der Waals surface area (Å²) in [5.41, 5.74) is -2.67. The van der Waals surface area contributed by atoms with Crippen molar-refractivity contribution >= 4 is 15.9 Å². The fraction of sp³-hybridized carbons (Fsp3) is 0.235. The quantitative estimate of drug-likeness (QED) is 0.653. The zero-order valence-corrected chi connectivity index (χ0v) is 15.7. The van der Waals surface area contributed by atoms with Gasteiger partial charge in [0.1, 0.15) is 5.75 Å². The first kappa shape index (κ1) is 23.5. The maximum atomic E-state index is 12.8. The third kappa shape index (κ3) is 6.62. The van der Waals surface area contributed by atoms with Crippen LogP contribution in [0.5, 0.6) is 5.75 Å².